The maximum absolute atomic E-state index is 12.3. The van der Waals surface area contributed by atoms with Crippen molar-refractivity contribution in [3.63, 3.8) is 0 Å². The first kappa shape index (κ1) is 14.4. The maximum atomic E-state index is 12.3. The maximum Gasteiger partial charge on any atom is 0.262 e. The van der Waals surface area contributed by atoms with Crippen LogP contribution < -0.4 is 5.32 Å². The highest BCUT2D eigenvalue weighted by atomic mass is 32.2. The van der Waals surface area contributed by atoms with Crippen LogP contribution in [0.25, 0.3) is 0 Å². The van der Waals surface area contributed by atoms with Crippen molar-refractivity contribution in [2.45, 2.75) is 11.9 Å². The summed E-state index contributed by atoms with van der Waals surface area (Å²) in [6.45, 7) is 1.81. The molecule has 0 aliphatic rings. The molecule has 6 nitrogen and oxygen atoms in total. The van der Waals surface area contributed by atoms with Crippen LogP contribution in [-0.2, 0) is 10.0 Å². The van der Waals surface area contributed by atoms with Crippen molar-refractivity contribution >= 4 is 15.7 Å². The van der Waals surface area contributed by atoms with Crippen LogP contribution in [0.1, 0.15) is 6.92 Å². The van der Waals surface area contributed by atoms with E-state index < -0.39 is 10.0 Å². The molecule has 0 saturated carbocycles. The highest BCUT2D eigenvalue weighted by molar-refractivity contribution is 7.89. The van der Waals surface area contributed by atoms with Crippen molar-refractivity contribution in [3.05, 3.63) is 18.3 Å². The summed E-state index contributed by atoms with van der Waals surface area (Å²) >= 11 is 0. The van der Waals surface area contributed by atoms with E-state index in [0.29, 0.717) is 5.69 Å². The van der Waals surface area contributed by atoms with Gasteiger partial charge in [-0.25, -0.2) is 13.4 Å². The Morgan fingerprint density at radius 3 is 2.83 bits per heavy atom. The number of nitriles is 1. The first-order chi connectivity index (χ1) is 8.43. The number of hydrogen-bond acceptors (Lipinski definition) is 5. The van der Waals surface area contributed by atoms with Crippen LogP contribution in [0.3, 0.4) is 0 Å². The number of hydrogen-bond donors (Lipinski definition) is 1. The van der Waals surface area contributed by atoms with Gasteiger partial charge in [0.15, 0.2) is 5.03 Å². The molecule has 1 rings (SSSR count). The Labute approximate surface area is 107 Å². The minimum atomic E-state index is -3.68. The van der Waals surface area contributed by atoms with Gasteiger partial charge in [0.2, 0.25) is 0 Å². The quantitative estimate of drug-likeness (QED) is 0.857. The lowest BCUT2D eigenvalue weighted by atomic mass is 10.2. The normalized spacial score (nSPS) is 13.1. The average molecular weight is 268 g/mol. The Balaban J connectivity index is 3.10. The predicted molar refractivity (Wildman–Crippen MR) is 68.4 cm³/mol. The Hall–Kier alpha value is -1.65. The second kappa shape index (κ2) is 5.80. The van der Waals surface area contributed by atoms with Gasteiger partial charge in [0.25, 0.3) is 10.0 Å². The van der Waals surface area contributed by atoms with E-state index in [1.54, 1.807) is 26.1 Å². The van der Waals surface area contributed by atoms with Crippen molar-refractivity contribution in [2.75, 3.05) is 26.0 Å². The van der Waals surface area contributed by atoms with Gasteiger partial charge < -0.3 is 5.32 Å². The van der Waals surface area contributed by atoms with Crippen molar-refractivity contribution in [2.24, 2.45) is 5.92 Å². The van der Waals surface area contributed by atoms with E-state index in [0.717, 1.165) is 4.31 Å². The van der Waals surface area contributed by atoms with Gasteiger partial charge in [-0.2, -0.15) is 9.57 Å². The van der Waals surface area contributed by atoms with Crippen LogP contribution in [0.5, 0.6) is 0 Å². The monoisotopic (exact) mass is 268 g/mol. The molecule has 0 fully saturated rings. The molecule has 0 amide bonds. The fourth-order valence-electron chi connectivity index (χ4n) is 1.46. The van der Waals surface area contributed by atoms with Crippen molar-refractivity contribution in [3.8, 4) is 6.07 Å². The second-order valence-electron chi connectivity index (χ2n) is 3.92. The SMILES string of the molecule is CNc1cccnc1S(=O)(=O)N(C)CC(C)C#N. The van der Waals surface area contributed by atoms with Crippen LogP contribution in [0.2, 0.25) is 0 Å². The van der Waals surface area contributed by atoms with Crippen LogP contribution in [0, 0.1) is 17.2 Å². The highest BCUT2D eigenvalue weighted by Crippen LogP contribution is 2.21. The molecule has 0 spiro atoms. The molecule has 0 radical (unpaired) electrons. The molecule has 0 aromatic carbocycles. The third kappa shape index (κ3) is 2.97. The van der Waals surface area contributed by atoms with Gasteiger partial charge in [-0.15, -0.1) is 0 Å². The van der Waals surface area contributed by atoms with Gasteiger partial charge in [-0.1, -0.05) is 0 Å². The number of pyridine rings is 1. The molecule has 18 heavy (non-hydrogen) atoms. The van der Waals surface area contributed by atoms with Crippen LogP contribution in [0.15, 0.2) is 23.4 Å². The largest absolute Gasteiger partial charge is 0.386 e. The molecule has 0 bridgehead atoms. The Kier molecular flexibility index (Phi) is 4.64. The first-order valence-corrected chi connectivity index (χ1v) is 6.86. The fraction of sp³-hybridized carbons (Fsp3) is 0.455. The molecule has 0 aliphatic heterocycles. The molecular weight excluding hydrogens is 252 g/mol. The number of nitrogens with one attached hydrogen (secondary N) is 1. The highest BCUT2D eigenvalue weighted by Gasteiger charge is 2.26. The minimum Gasteiger partial charge on any atom is -0.386 e. The first-order valence-electron chi connectivity index (χ1n) is 5.42. The predicted octanol–water partition coefficient (Wildman–Crippen LogP) is 0.903. The smallest absolute Gasteiger partial charge is 0.262 e. The van der Waals surface area contributed by atoms with Gasteiger partial charge in [0.05, 0.1) is 17.7 Å². The molecular formula is C11H16N4O2S. The zero-order valence-corrected chi connectivity index (χ0v) is 11.4. The number of aromatic nitrogens is 1. The fourth-order valence-corrected chi connectivity index (χ4v) is 2.82. The zero-order valence-electron chi connectivity index (χ0n) is 10.6. The summed E-state index contributed by atoms with van der Waals surface area (Å²) in [7, 11) is -0.604. The lowest BCUT2D eigenvalue weighted by Crippen LogP contribution is -2.31. The third-order valence-corrected chi connectivity index (χ3v) is 4.23. The molecule has 98 valence electrons. The van der Waals surface area contributed by atoms with E-state index >= 15 is 0 Å². The van der Waals surface area contributed by atoms with Crippen molar-refractivity contribution < 1.29 is 8.42 Å². The van der Waals surface area contributed by atoms with Gasteiger partial charge in [-0.05, 0) is 19.1 Å². The summed E-state index contributed by atoms with van der Waals surface area (Å²) in [4.78, 5) is 3.90. The van der Waals surface area contributed by atoms with E-state index in [-0.39, 0.29) is 17.5 Å². The van der Waals surface area contributed by atoms with Gasteiger partial charge in [0, 0.05) is 26.8 Å². The van der Waals surface area contributed by atoms with Crippen molar-refractivity contribution in [1.29, 1.82) is 5.26 Å². The lowest BCUT2D eigenvalue weighted by molar-refractivity contribution is 0.437. The van der Waals surface area contributed by atoms with Gasteiger partial charge >= 0.3 is 0 Å². The number of anilines is 1. The van der Waals surface area contributed by atoms with Crippen LogP contribution in [0.4, 0.5) is 5.69 Å². The summed E-state index contributed by atoms with van der Waals surface area (Å²) in [5.74, 6) is -0.369. The molecule has 0 aliphatic carbocycles. The molecule has 1 unspecified atom stereocenters. The molecule has 0 saturated heterocycles. The lowest BCUT2D eigenvalue weighted by Gasteiger charge is -2.19. The Bertz CT molecular complexity index is 550. The molecule has 1 heterocycles. The summed E-state index contributed by atoms with van der Waals surface area (Å²) < 4.78 is 25.7. The van der Waals surface area contributed by atoms with Crippen LogP contribution >= 0.6 is 0 Å². The third-order valence-electron chi connectivity index (χ3n) is 2.45. The van der Waals surface area contributed by atoms with E-state index in [1.165, 1.54) is 13.2 Å². The number of nitrogens with zero attached hydrogens (tertiary/aromatic N) is 3. The second-order valence-corrected chi connectivity index (χ2v) is 5.88. The molecule has 1 aromatic heterocycles. The van der Waals surface area contributed by atoms with E-state index in [9.17, 15) is 8.42 Å². The minimum absolute atomic E-state index is 0.0276. The standard InChI is InChI=1S/C11H16N4O2S/c1-9(7-12)8-15(3)18(16,17)11-10(13-2)5-4-6-14-11/h4-6,9,13H,8H2,1-3H3. The van der Waals surface area contributed by atoms with Gasteiger partial charge in [-0.3, -0.25) is 0 Å². The van der Waals surface area contributed by atoms with Gasteiger partial charge in [0.1, 0.15) is 0 Å². The molecule has 1 atom stereocenters. The topological polar surface area (TPSA) is 86.1 Å². The zero-order chi connectivity index (χ0) is 13.8. The summed E-state index contributed by atoms with van der Waals surface area (Å²) in [6.07, 6.45) is 1.43. The number of sulfonamides is 1. The van der Waals surface area contributed by atoms with Crippen molar-refractivity contribution in [1.82, 2.24) is 9.29 Å². The summed E-state index contributed by atoms with van der Waals surface area (Å²) in [5, 5.41) is 11.5. The van der Waals surface area contributed by atoms with E-state index in [4.69, 9.17) is 5.26 Å². The Morgan fingerprint density at radius 1 is 1.61 bits per heavy atom. The average Bonchev–Trinajstić information content (AvgIpc) is 2.38. The molecule has 1 N–H and O–H groups in total. The van der Waals surface area contributed by atoms with E-state index in [1.807, 2.05) is 6.07 Å². The number of rotatable bonds is 5. The summed E-state index contributed by atoms with van der Waals surface area (Å²) in [6, 6.07) is 5.30. The summed E-state index contributed by atoms with van der Waals surface area (Å²) in [5.41, 5.74) is 0.439. The Morgan fingerprint density at radius 2 is 2.28 bits per heavy atom. The molecule has 1 aromatic rings. The van der Waals surface area contributed by atoms with Crippen LogP contribution in [-0.4, -0.2) is 38.3 Å². The molecule has 7 heteroatoms. The van der Waals surface area contributed by atoms with E-state index in [2.05, 4.69) is 10.3 Å².